The average Bonchev–Trinajstić information content (AvgIpc) is 2.62. The fourth-order valence-corrected chi connectivity index (χ4v) is 3.03. The molecule has 0 aliphatic carbocycles. The van der Waals surface area contributed by atoms with Crippen LogP contribution < -0.4 is 5.32 Å². The smallest absolute Gasteiger partial charge is 0.264 e. The predicted octanol–water partition coefficient (Wildman–Crippen LogP) is 1.88. The third-order valence-electron chi connectivity index (χ3n) is 2.80. The van der Waals surface area contributed by atoms with E-state index >= 15 is 0 Å². The van der Waals surface area contributed by atoms with Crippen molar-refractivity contribution in [1.29, 1.82) is 0 Å². The molecule has 0 radical (unpaired) electrons. The van der Waals surface area contributed by atoms with Gasteiger partial charge in [0.25, 0.3) is 5.91 Å². The van der Waals surface area contributed by atoms with Crippen molar-refractivity contribution in [3.8, 4) is 0 Å². The van der Waals surface area contributed by atoms with E-state index in [0.717, 1.165) is 18.0 Å². The summed E-state index contributed by atoms with van der Waals surface area (Å²) in [5.74, 6) is 0.179. The Kier molecular flexibility index (Phi) is 3.30. The number of aryl methyl sites for hydroxylation is 1. The van der Waals surface area contributed by atoms with Gasteiger partial charge in [0, 0.05) is 30.1 Å². The topological polar surface area (TPSA) is 32.3 Å². The van der Waals surface area contributed by atoms with Gasteiger partial charge in [-0.05, 0) is 32.9 Å². The van der Waals surface area contributed by atoms with Crippen LogP contribution in [-0.2, 0) is 0 Å². The summed E-state index contributed by atoms with van der Waals surface area (Å²) in [5.41, 5.74) is 0. The number of piperazine rings is 1. The highest BCUT2D eigenvalue weighted by atomic mass is 32.1. The van der Waals surface area contributed by atoms with Gasteiger partial charge in [-0.2, -0.15) is 0 Å². The Morgan fingerprint density at radius 2 is 2.00 bits per heavy atom. The fourth-order valence-electron chi connectivity index (χ4n) is 2.20. The first kappa shape index (κ1) is 11.6. The van der Waals surface area contributed by atoms with E-state index in [2.05, 4.69) is 19.2 Å². The molecule has 0 bridgehead atoms. The van der Waals surface area contributed by atoms with Crippen molar-refractivity contribution in [3.05, 3.63) is 21.9 Å². The van der Waals surface area contributed by atoms with Crippen LogP contribution in [-0.4, -0.2) is 36.0 Å². The second-order valence-electron chi connectivity index (χ2n) is 4.59. The predicted molar refractivity (Wildman–Crippen MR) is 67.0 cm³/mol. The molecule has 4 heteroatoms. The number of hydrogen-bond donors (Lipinski definition) is 1. The molecular weight excluding hydrogens is 220 g/mol. The van der Waals surface area contributed by atoms with Crippen molar-refractivity contribution in [2.75, 3.05) is 13.1 Å². The number of rotatable bonds is 1. The van der Waals surface area contributed by atoms with Gasteiger partial charge in [0.05, 0.1) is 4.88 Å². The third kappa shape index (κ3) is 2.44. The normalized spacial score (nSPS) is 25.8. The Hall–Kier alpha value is -0.870. The highest BCUT2D eigenvalue weighted by Crippen LogP contribution is 2.18. The van der Waals surface area contributed by atoms with Crippen LogP contribution in [0, 0.1) is 6.92 Å². The molecule has 2 rings (SSSR count). The zero-order chi connectivity index (χ0) is 11.7. The summed E-state index contributed by atoms with van der Waals surface area (Å²) >= 11 is 1.58. The molecule has 0 spiro atoms. The van der Waals surface area contributed by atoms with Crippen LogP contribution in [0.4, 0.5) is 0 Å². The number of carbonyl (C=O) groups excluding carboxylic acids is 1. The second kappa shape index (κ2) is 4.55. The molecule has 2 heterocycles. The summed E-state index contributed by atoms with van der Waals surface area (Å²) in [6.07, 6.45) is 0. The number of carbonyl (C=O) groups is 1. The van der Waals surface area contributed by atoms with Crippen LogP contribution in [0.25, 0.3) is 0 Å². The number of hydrogen-bond acceptors (Lipinski definition) is 3. The molecule has 1 aromatic heterocycles. The van der Waals surface area contributed by atoms with Gasteiger partial charge in [-0.15, -0.1) is 11.3 Å². The van der Waals surface area contributed by atoms with Crippen LogP contribution in [0.2, 0.25) is 0 Å². The lowest BCUT2D eigenvalue weighted by Gasteiger charge is -2.35. The summed E-state index contributed by atoms with van der Waals surface area (Å²) < 4.78 is 0. The molecule has 1 amide bonds. The monoisotopic (exact) mass is 238 g/mol. The van der Waals surface area contributed by atoms with Crippen LogP contribution in [0.3, 0.4) is 0 Å². The molecule has 1 N–H and O–H groups in total. The van der Waals surface area contributed by atoms with Crippen LogP contribution in [0.1, 0.15) is 28.4 Å². The van der Waals surface area contributed by atoms with E-state index in [1.165, 1.54) is 4.88 Å². The Bertz CT molecular complexity index is 378. The molecule has 2 atom stereocenters. The van der Waals surface area contributed by atoms with E-state index in [9.17, 15) is 4.79 Å². The van der Waals surface area contributed by atoms with Gasteiger partial charge in [-0.1, -0.05) is 0 Å². The lowest BCUT2D eigenvalue weighted by Crippen LogP contribution is -2.55. The molecule has 1 aliphatic rings. The third-order valence-corrected chi connectivity index (χ3v) is 3.78. The number of nitrogens with zero attached hydrogens (tertiary/aromatic N) is 1. The SMILES string of the molecule is Cc1ccc(C(=O)N2CC(C)NC(C)C2)s1. The van der Waals surface area contributed by atoms with Crippen molar-refractivity contribution in [3.63, 3.8) is 0 Å². The molecular formula is C12H18N2OS. The minimum atomic E-state index is 0.179. The minimum absolute atomic E-state index is 0.179. The van der Waals surface area contributed by atoms with Gasteiger partial charge in [0.15, 0.2) is 0 Å². The van der Waals surface area contributed by atoms with Crippen molar-refractivity contribution in [2.45, 2.75) is 32.9 Å². The highest BCUT2D eigenvalue weighted by Gasteiger charge is 2.25. The van der Waals surface area contributed by atoms with Crippen molar-refractivity contribution < 1.29 is 4.79 Å². The van der Waals surface area contributed by atoms with E-state index in [0.29, 0.717) is 12.1 Å². The zero-order valence-corrected chi connectivity index (χ0v) is 10.8. The van der Waals surface area contributed by atoms with Crippen molar-refractivity contribution >= 4 is 17.2 Å². The molecule has 1 fully saturated rings. The molecule has 88 valence electrons. The van der Waals surface area contributed by atoms with Gasteiger partial charge < -0.3 is 10.2 Å². The molecule has 1 aliphatic heterocycles. The maximum Gasteiger partial charge on any atom is 0.264 e. The van der Waals surface area contributed by atoms with Gasteiger partial charge in [0.1, 0.15) is 0 Å². The largest absolute Gasteiger partial charge is 0.335 e. The first-order valence-corrected chi connectivity index (χ1v) is 6.49. The van der Waals surface area contributed by atoms with E-state index in [-0.39, 0.29) is 5.91 Å². The maximum atomic E-state index is 12.2. The van der Waals surface area contributed by atoms with Gasteiger partial charge in [-0.3, -0.25) is 4.79 Å². The molecule has 1 saturated heterocycles. The summed E-state index contributed by atoms with van der Waals surface area (Å²) in [6, 6.07) is 4.70. The zero-order valence-electron chi connectivity index (χ0n) is 9.99. The minimum Gasteiger partial charge on any atom is -0.335 e. The summed E-state index contributed by atoms with van der Waals surface area (Å²) in [7, 11) is 0. The average molecular weight is 238 g/mol. The van der Waals surface area contributed by atoms with E-state index < -0.39 is 0 Å². The maximum absolute atomic E-state index is 12.2. The Morgan fingerprint density at radius 1 is 1.38 bits per heavy atom. The summed E-state index contributed by atoms with van der Waals surface area (Å²) in [4.78, 5) is 16.2. The van der Waals surface area contributed by atoms with Crippen LogP contribution >= 0.6 is 11.3 Å². The standard InChI is InChI=1S/C12H18N2OS/c1-8-6-14(7-9(2)13-8)12(15)11-5-4-10(3)16-11/h4-5,8-9,13H,6-7H2,1-3H3. The molecule has 0 saturated carbocycles. The first-order valence-electron chi connectivity index (χ1n) is 5.68. The van der Waals surface area contributed by atoms with Gasteiger partial charge >= 0.3 is 0 Å². The van der Waals surface area contributed by atoms with E-state index in [1.54, 1.807) is 11.3 Å². The Balaban J connectivity index is 2.09. The Labute approximate surface area is 100 Å². The molecule has 2 unspecified atom stereocenters. The quantitative estimate of drug-likeness (QED) is 0.810. The lowest BCUT2D eigenvalue weighted by atomic mass is 10.1. The van der Waals surface area contributed by atoms with Crippen molar-refractivity contribution in [1.82, 2.24) is 10.2 Å². The first-order chi connectivity index (χ1) is 7.56. The summed E-state index contributed by atoms with van der Waals surface area (Å²) in [6.45, 7) is 7.88. The van der Waals surface area contributed by atoms with Crippen LogP contribution in [0.15, 0.2) is 12.1 Å². The second-order valence-corrected chi connectivity index (χ2v) is 5.88. The van der Waals surface area contributed by atoms with E-state index in [4.69, 9.17) is 0 Å². The lowest BCUT2D eigenvalue weighted by molar-refractivity contribution is 0.0678. The van der Waals surface area contributed by atoms with Gasteiger partial charge in [0.2, 0.25) is 0 Å². The summed E-state index contributed by atoms with van der Waals surface area (Å²) in [5, 5.41) is 3.43. The number of thiophene rings is 1. The molecule has 0 aromatic carbocycles. The molecule has 3 nitrogen and oxygen atoms in total. The number of nitrogens with one attached hydrogen (secondary N) is 1. The van der Waals surface area contributed by atoms with Crippen molar-refractivity contribution in [2.24, 2.45) is 0 Å². The van der Waals surface area contributed by atoms with Gasteiger partial charge in [-0.25, -0.2) is 0 Å². The number of amides is 1. The van der Waals surface area contributed by atoms with Crippen LogP contribution in [0.5, 0.6) is 0 Å². The highest BCUT2D eigenvalue weighted by molar-refractivity contribution is 7.13. The molecule has 16 heavy (non-hydrogen) atoms. The fraction of sp³-hybridized carbons (Fsp3) is 0.583. The molecule has 1 aromatic rings. The Morgan fingerprint density at radius 3 is 2.50 bits per heavy atom. The van der Waals surface area contributed by atoms with E-state index in [1.807, 2.05) is 24.0 Å².